The fourth-order valence-electron chi connectivity index (χ4n) is 2.07. The Labute approximate surface area is 124 Å². The van der Waals surface area contributed by atoms with E-state index in [0.717, 1.165) is 29.8 Å². The van der Waals surface area contributed by atoms with Crippen molar-refractivity contribution in [3.8, 4) is 5.75 Å². The molecule has 2 aromatic rings. The van der Waals surface area contributed by atoms with Gasteiger partial charge >= 0.3 is 0 Å². The number of hydrogen-bond acceptors (Lipinski definition) is 5. The van der Waals surface area contributed by atoms with Gasteiger partial charge in [0, 0.05) is 24.3 Å². The number of hydrogen-bond donors (Lipinski definition) is 2. The molecule has 0 atom stereocenters. The number of benzene rings is 1. The van der Waals surface area contributed by atoms with Crippen LogP contribution in [-0.2, 0) is 6.54 Å². The van der Waals surface area contributed by atoms with E-state index in [1.807, 2.05) is 37.3 Å². The summed E-state index contributed by atoms with van der Waals surface area (Å²) >= 11 is 0. The first kappa shape index (κ1) is 13.7. The molecule has 1 aliphatic rings. The Morgan fingerprint density at radius 3 is 2.62 bits per heavy atom. The molecule has 5 nitrogen and oxygen atoms in total. The van der Waals surface area contributed by atoms with Crippen molar-refractivity contribution in [2.75, 3.05) is 17.7 Å². The van der Waals surface area contributed by atoms with Crippen LogP contribution in [0.1, 0.15) is 24.1 Å². The molecule has 0 radical (unpaired) electrons. The summed E-state index contributed by atoms with van der Waals surface area (Å²) in [5.41, 5.74) is 2.15. The fourth-order valence-corrected chi connectivity index (χ4v) is 2.07. The van der Waals surface area contributed by atoms with Gasteiger partial charge in [-0.3, -0.25) is 0 Å². The van der Waals surface area contributed by atoms with Crippen LogP contribution in [0.25, 0.3) is 0 Å². The maximum atomic E-state index is 5.16. The first-order valence-corrected chi connectivity index (χ1v) is 7.22. The van der Waals surface area contributed by atoms with Crippen LogP contribution in [-0.4, -0.2) is 23.1 Å². The Balaban J connectivity index is 1.64. The van der Waals surface area contributed by atoms with E-state index in [2.05, 4.69) is 20.6 Å². The highest BCUT2D eigenvalue weighted by Crippen LogP contribution is 2.23. The summed E-state index contributed by atoms with van der Waals surface area (Å²) in [5.74, 6) is 2.43. The molecule has 1 heterocycles. The predicted octanol–water partition coefficient (Wildman–Crippen LogP) is 2.98. The number of nitrogens with zero attached hydrogens (tertiary/aromatic N) is 2. The topological polar surface area (TPSA) is 59.1 Å². The summed E-state index contributed by atoms with van der Waals surface area (Å²) in [5, 5.41) is 6.67. The van der Waals surface area contributed by atoms with Gasteiger partial charge in [-0.05, 0) is 37.5 Å². The SMILES string of the molecule is COc1ccc(CNc2cc(C)nc(NC3CC3)n2)cc1. The maximum absolute atomic E-state index is 5.16. The van der Waals surface area contributed by atoms with E-state index in [0.29, 0.717) is 6.04 Å². The van der Waals surface area contributed by atoms with Crippen molar-refractivity contribution in [1.82, 2.24) is 9.97 Å². The summed E-state index contributed by atoms with van der Waals surface area (Å²) < 4.78 is 5.16. The molecule has 0 amide bonds. The van der Waals surface area contributed by atoms with E-state index in [9.17, 15) is 0 Å². The molecule has 5 heteroatoms. The number of ether oxygens (including phenoxy) is 1. The van der Waals surface area contributed by atoms with Crippen LogP contribution in [0.5, 0.6) is 5.75 Å². The lowest BCUT2D eigenvalue weighted by atomic mass is 10.2. The van der Waals surface area contributed by atoms with E-state index in [1.165, 1.54) is 18.4 Å². The highest BCUT2D eigenvalue weighted by molar-refractivity contribution is 5.43. The number of nitrogens with one attached hydrogen (secondary N) is 2. The normalized spacial score (nSPS) is 13.8. The van der Waals surface area contributed by atoms with Gasteiger partial charge in [-0.2, -0.15) is 4.98 Å². The lowest BCUT2D eigenvalue weighted by Crippen LogP contribution is -2.09. The third kappa shape index (κ3) is 3.84. The molecule has 1 fully saturated rings. The third-order valence-electron chi connectivity index (χ3n) is 3.40. The number of anilines is 2. The Kier molecular flexibility index (Phi) is 3.90. The summed E-state index contributed by atoms with van der Waals surface area (Å²) in [6.45, 7) is 2.71. The second-order valence-corrected chi connectivity index (χ2v) is 5.34. The lowest BCUT2D eigenvalue weighted by Gasteiger charge is -2.10. The second kappa shape index (κ2) is 5.99. The lowest BCUT2D eigenvalue weighted by molar-refractivity contribution is 0.414. The van der Waals surface area contributed by atoms with Crippen molar-refractivity contribution in [2.45, 2.75) is 32.4 Å². The zero-order chi connectivity index (χ0) is 14.7. The molecule has 0 spiro atoms. The van der Waals surface area contributed by atoms with Gasteiger partial charge in [-0.1, -0.05) is 12.1 Å². The van der Waals surface area contributed by atoms with Crippen molar-refractivity contribution in [1.29, 1.82) is 0 Å². The van der Waals surface area contributed by atoms with Gasteiger partial charge in [0.2, 0.25) is 5.95 Å². The highest BCUT2D eigenvalue weighted by atomic mass is 16.5. The van der Waals surface area contributed by atoms with Crippen LogP contribution in [0.2, 0.25) is 0 Å². The second-order valence-electron chi connectivity index (χ2n) is 5.34. The minimum absolute atomic E-state index is 0.557. The smallest absolute Gasteiger partial charge is 0.225 e. The van der Waals surface area contributed by atoms with E-state index in [1.54, 1.807) is 7.11 Å². The molecular formula is C16H20N4O. The van der Waals surface area contributed by atoms with Crippen LogP contribution in [0, 0.1) is 6.92 Å². The van der Waals surface area contributed by atoms with Crippen molar-refractivity contribution >= 4 is 11.8 Å². The zero-order valence-corrected chi connectivity index (χ0v) is 12.4. The Bertz CT molecular complexity index is 608. The minimum atomic E-state index is 0.557. The number of methoxy groups -OCH3 is 1. The van der Waals surface area contributed by atoms with Crippen LogP contribution in [0.15, 0.2) is 30.3 Å². The van der Waals surface area contributed by atoms with E-state index >= 15 is 0 Å². The van der Waals surface area contributed by atoms with Gasteiger partial charge in [0.15, 0.2) is 0 Å². The molecule has 110 valence electrons. The van der Waals surface area contributed by atoms with E-state index in [4.69, 9.17) is 4.74 Å². The van der Waals surface area contributed by atoms with Crippen molar-refractivity contribution in [3.63, 3.8) is 0 Å². The molecule has 21 heavy (non-hydrogen) atoms. The van der Waals surface area contributed by atoms with Crippen LogP contribution < -0.4 is 15.4 Å². The van der Waals surface area contributed by atoms with E-state index < -0.39 is 0 Å². The predicted molar refractivity (Wildman–Crippen MR) is 83.7 cm³/mol. The molecule has 0 bridgehead atoms. The summed E-state index contributed by atoms with van der Waals surface area (Å²) in [6, 6.07) is 10.5. The number of rotatable bonds is 6. The van der Waals surface area contributed by atoms with Gasteiger partial charge in [0.05, 0.1) is 7.11 Å². The zero-order valence-electron chi connectivity index (χ0n) is 12.4. The number of aromatic nitrogens is 2. The minimum Gasteiger partial charge on any atom is -0.497 e. The van der Waals surface area contributed by atoms with Gasteiger partial charge in [-0.25, -0.2) is 4.98 Å². The Morgan fingerprint density at radius 2 is 1.95 bits per heavy atom. The monoisotopic (exact) mass is 284 g/mol. The van der Waals surface area contributed by atoms with Crippen LogP contribution in [0.3, 0.4) is 0 Å². The van der Waals surface area contributed by atoms with Crippen LogP contribution in [0.4, 0.5) is 11.8 Å². The summed E-state index contributed by atoms with van der Waals surface area (Å²) in [7, 11) is 1.67. The molecule has 2 N–H and O–H groups in total. The molecule has 1 aromatic heterocycles. The Hall–Kier alpha value is -2.30. The largest absolute Gasteiger partial charge is 0.497 e. The van der Waals surface area contributed by atoms with E-state index in [-0.39, 0.29) is 0 Å². The first-order valence-electron chi connectivity index (χ1n) is 7.22. The summed E-state index contributed by atoms with van der Waals surface area (Å²) in [6.07, 6.45) is 2.43. The van der Waals surface area contributed by atoms with Gasteiger partial charge in [0.1, 0.15) is 11.6 Å². The molecule has 0 unspecified atom stereocenters. The first-order chi connectivity index (χ1) is 10.2. The molecule has 3 rings (SSSR count). The van der Waals surface area contributed by atoms with Gasteiger partial charge in [0.25, 0.3) is 0 Å². The standard InChI is InChI=1S/C16H20N4O/c1-11-9-15(20-16(18-11)19-13-5-6-13)17-10-12-3-7-14(21-2)8-4-12/h3-4,7-9,13H,5-6,10H2,1-2H3,(H2,17,18,19,20). The quantitative estimate of drug-likeness (QED) is 0.854. The van der Waals surface area contributed by atoms with Crippen LogP contribution >= 0.6 is 0 Å². The van der Waals surface area contributed by atoms with Gasteiger partial charge < -0.3 is 15.4 Å². The average molecular weight is 284 g/mol. The molecule has 1 saturated carbocycles. The molecule has 1 aliphatic carbocycles. The molecular weight excluding hydrogens is 264 g/mol. The average Bonchev–Trinajstić information content (AvgIpc) is 3.29. The Morgan fingerprint density at radius 1 is 1.19 bits per heavy atom. The maximum Gasteiger partial charge on any atom is 0.225 e. The highest BCUT2D eigenvalue weighted by Gasteiger charge is 2.22. The van der Waals surface area contributed by atoms with Crippen molar-refractivity contribution < 1.29 is 4.74 Å². The molecule has 1 aromatic carbocycles. The van der Waals surface area contributed by atoms with Crippen molar-refractivity contribution in [3.05, 3.63) is 41.6 Å². The third-order valence-corrected chi connectivity index (χ3v) is 3.40. The summed E-state index contributed by atoms with van der Waals surface area (Å²) in [4.78, 5) is 8.92. The van der Waals surface area contributed by atoms with Crippen molar-refractivity contribution in [2.24, 2.45) is 0 Å². The molecule has 0 saturated heterocycles. The number of aryl methyl sites for hydroxylation is 1. The molecule has 0 aliphatic heterocycles. The fraction of sp³-hybridized carbons (Fsp3) is 0.375. The van der Waals surface area contributed by atoms with Gasteiger partial charge in [-0.15, -0.1) is 0 Å².